The standard InChI is InChI=1S/C25H28N2O2/c1-2-4-18-12-20(11-17(18)3-1)27-14-21(19-5-6-22-23(13-19)29-15-28-22)25-24(27)16-7-9-26(25)10-8-16/h1-6,13,16,20-21,24-25H,7-12,14-15H2/t21-,24+,25+/m1/s1. The van der Waals surface area contributed by atoms with E-state index in [2.05, 4.69) is 52.3 Å². The zero-order chi connectivity index (χ0) is 18.9. The van der Waals surface area contributed by atoms with Crippen molar-refractivity contribution in [1.82, 2.24) is 9.80 Å². The van der Waals surface area contributed by atoms with Crippen LogP contribution in [0, 0.1) is 5.92 Å². The first-order chi connectivity index (χ1) is 14.3. The van der Waals surface area contributed by atoms with Crippen LogP contribution >= 0.6 is 0 Å². The molecule has 4 saturated heterocycles. The van der Waals surface area contributed by atoms with Gasteiger partial charge in [0.05, 0.1) is 0 Å². The van der Waals surface area contributed by atoms with Crippen LogP contribution in [0.4, 0.5) is 0 Å². The number of rotatable bonds is 2. The molecule has 3 atom stereocenters. The van der Waals surface area contributed by atoms with E-state index in [1.54, 1.807) is 11.1 Å². The second-order valence-corrected chi connectivity index (χ2v) is 9.60. The molecule has 0 N–H and O–H groups in total. The molecule has 0 aromatic heterocycles. The van der Waals surface area contributed by atoms with Gasteiger partial charge in [-0.25, -0.2) is 0 Å². The van der Waals surface area contributed by atoms with Crippen molar-refractivity contribution >= 4 is 0 Å². The van der Waals surface area contributed by atoms with Crippen LogP contribution < -0.4 is 9.47 Å². The van der Waals surface area contributed by atoms with Gasteiger partial charge in [0.1, 0.15) is 0 Å². The Morgan fingerprint density at radius 2 is 1.59 bits per heavy atom. The van der Waals surface area contributed by atoms with E-state index in [-0.39, 0.29) is 0 Å². The van der Waals surface area contributed by atoms with Crippen molar-refractivity contribution in [3.63, 3.8) is 0 Å². The Labute approximate surface area is 172 Å². The number of hydrogen-bond donors (Lipinski definition) is 0. The molecule has 5 aliphatic heterocycles. The lowest BCUT2D eigenvalue weighted by Gasteiger charge is -2.52. The minimum Gasteiger partial charge on any atom is -0.454 e. The predicted molar refractivity (Wildman–Crippen MR) is 112 cm³/mol. The number of likely N-dealkylation sites (tertiary alicyclic amines) is 1. The van der Waals surface area contributed by atoms with Crippen LogP contribution in [0.3, 0.4) is 0 Å². The molecule has 0 saturated carbocycles. The van der Waals surface area contributed by atoms with Gasteiger partial charge in [-0.05, 0) is 73.5 Å². The van der Waals surface area contributed by atoms with E-state index in [0.29, 0.717) is 30.8 Å². The first-order valence-electron chi connectivity index (χ1n) is 11.3. The lowest BCUT2D eigenvalue weighted by molar-refractivity contribution is -0.0175. The highest BCUT2D eigenvalue weighted by atomic mass is 16.7. The van der Waals surface area contributed by atoms with E-state index in [1.807, 2.05) is 0 Å². The molecule has 2 aromatic carbocycles. The number of piperidine rings is 3. The van der Waals surface area contributed by atoms with Crippen molar-refractivity contribution in [1.29, 1.82) is 0 Å². The molecule has 0 amide bonds. The second-order valence-electron chi connectivity index (χ2n) is 9.60. The molecular weight excluding hydrogens is 360 g/mol. The van der Waals surface area contributed by atoms with Crippen LogP contribution in [0.25, 0.3) is 0 Å². The van der Waals surface area contributed by atoms with Gasteiger partial charge in [0.25, 0.3) is 0 Å². The number of hydrogen-bond acceptors (Lipinski definition) is 4. The Kier molecular flexibility index (Phi) is 3.59. The third kappa shape index (κ3) is 2.45. The lowest BCUT2D eigenvalue weighted by Crippen LogP contribution is -2.61. The monoisotopic (exact) mass is 388 g/mol. The Hall–Kier alpha value is -2.04. The summed E-state index contributed by atoms with van der Waals surface area (Å²) >= 11 is 0. The maximum Gasteiger partial charge on any atom is 0.231 e. The summed E-state index contributed by atoms with van der Waals surface area (Å²) in [6.07, 6.45) is 5.20. The summed E-state index contributed by atoms with van der Waals surface area (Å²) in [6.45, 7) is 4.11. The van der Waals surface area contributed by atoms with Crippen LogP contribution in [0.15, 0.2) is 42.5 Å². The van der Waals surface area contributed by atoms with E-state index in [9.17, 15) is 0 Å². The molecule has 4 heteroatoms. The molecule has 150 valence electrons. The topological polar surface area (TPSA) is 24.9 Å². The molecule has 6 aliphatic rings. The summed E-state index contributed by atoms with van der Waals surface area (Å²) in [5.41, 5.74) is 4.58. The van der Waals surface area contributed by atoms with Crippen molar-refractivity contribution in [2.24, 2.45) is 5.92 Å². The first kappa shape index (κ1) is 16.7. The van der Waals surface area contributed by atoms with Gasteiger partial charge in [0.2, 0.25) is 6.79 Å². The Bertz CT molecular complexity index is 927. The van der Waals surface area contributed by atoms with Crippen LogP contribution in [0.1, 0.15) is 35.4 Å². The summed E-state index contributed by atoms with van der Waals surface area (Å²) < 4.78 is 11.3. The van der Waals surface area contributed by atoms with Gasteiger partial charge in [-0.2, -0.15) is 0 Å². The molecule has 4 fully saturated rings. The van der Waals surface area contributed by atoms with E-state index in [1.165, 1.54) is 50.9 Å². The molecule has 0 spiro atoms. The average Bonchev–Trinajstić information content (AvgIpc) is 3.50. The van der Waals surface area contributed by atoms with Gasteiger partial charge in [-0.15, -0.1) is 0 Å². The Morgan fingerprint density at radius 1 is 0.828 bits per heavy atom. The van der Waals surface area contributed by atoms with Crippen LogP contribution in [0.2, 0.25) is 0 Å². The van der Waals surface area contributed by atoms with E-state index in [4.69, 9.17) is 9.47 Å². The lowest BCUT2D eigenvalue weighted by atomic mass is 9.75. The van der Waals surface area contributed by atoms with Crippen molar-refractivity contribution < 1.29 is 9.47 Å². The molecule has 2 bridgehead atoms. The van der Waals surface area contributed by atoms with E-state index in [0.717, 1.165) is 17.4 Å². The minimum absolute atomic E-state index is 0.357. The molecule has 2 aromatic rings. The van der Waals surface area contributed by atoms with Gasteiger partial charge >= 0.3 is 0 Å². The molecule has 1 aliphatic carbocycles. The highest BCUT2D eigenvalue weighted by Gasteiger charge is 2.55. The predicted octanol–water partition coefficient (Wildman–Crippen LogP) is 3.44. The third-order valence-electron chi connectivity index (χ3n) is 8.35. The SMILES string of the molecule is c1ccc2c(c1)CC(N1C[C@H](c3ccc4c(c3)OCO4)[C@H]3[C@@H]1C1CCN3CC1)C2. The fourth-order valence-electron chi connectivity index (χ4n) is 7.08. The summed E-state index contributed by atoms with van der Waals surface area (Å²) in [5.74, 6) is 3.27. The van der Waals surface area contributed by atoms with Crippen molar-refractivity contribution in [3.05, 3.63) is 59.2 Å². The fraction of sp³-hybridized carbons (Fsp3) is 0.520. The Balaban J connectivity index is 1.25. The summed E-state index contributed by atoms with van der Waals surface area (Å²) in [5, 5.41) is 0. The van der Waals surface area contributed by atoms with Crippen molar-refractivity contribution in [2.75, 3.05) is 26.4 Å². The fourth-order valence-corrected chi connectivity index (χ4v) is 7.08. The quantitative estimate of drug-likeness (QED) is 0.787. The van der Waals surface area contributed by atoms with Crippen molar-refractivity contribution in [3.8, 4) is 11.5 Å². The maximum atomic E-state index is 5.72. The first-order valence-corrected chi connectivity index (χ1v) is 11.3. The number of fused-ring (bicyclic) bond motifs is 4. The number of benzene rings is 2. The average molecular weight is 389 g/mol. The summed E-state index contributed by atoms with van der Waals surface area (Å²) in [4.78, 5) is 5.73. The molecular formula is C25H28N2O2. The highest BCUT2D eigenvalue weighted by molar-refractivity contribution is 5.46. The normalized spacial score (nSPS) is 35.1. The molecule has 0 radical (unpaired) electrons. The van der Waals surface area contributed by atoms with Crippen LogP contribution in [-0.4, -0.2) is 54.4 Å². The molecule has 5 heterocycles. The largest absolute Gasteiger partial charge is 0.454 e. The molecule has 8 rings (SSSR count). The number of ether oxygens (including phenoxy) is 2. The molecule has 0 unspecified atom stereocenters. The van der Waals surface area contributed by atoms with Gasteiger partial charge < -0.3 is 9.47 Å². The molecule has 29 heavy (non-hydrogen) atoms. The third-order valence-corrected chi connectivity index (χ3v) is 8.35. The summed E-state index contributed by atoms with van der Waals surface area (Å²) in [6, 6.07) is 17.8. The second kappa shape index (κ2) is 6.23. The minimum atomic E-state index is 0.357. The van der Waals surface area contributed by atoms with Gasteiger partial charge in [0, 0.05) is 30.6 Å². The van der Waals surface area contributed by atoms with Gasteiger partial charge in [-0.3, -0.25) is 9.80 Å². The van der Waals surface area contributed by atoms with Crippen molar-refractivity contribution in [2.45, 2.75) is 49.7 Å². The number of nitrogens with zero attached hydrogens (tertiary/aromatic N) is 2. The summed E-state index contributed by atoms with van der Waals surface area (Å²) in [7, 11) is 0. The maximum absolute atomic E-state index is 5.72. The Morgan fingerprint density at radius 3 is 2.38 bits per heavy atom. The smallest absolute Gasteiger partial charge is 0.231 e. The zero-order valence-corrected chi connectivity index (χ0v) is 16.8. The highest BCUT2D eigenvalue weighted by Crippen LogP contribution is 2.49. The molecule has 4 nitrogen and oxygen atoms in total. The van der Waals surface area contributed by atoms with Gasteiger partial charge in [0.15, 0.2) is 11.5 Å². The van der Waals surface area contributed by atoms with Crippen LogP contribution in [-0.2, 0) is 12.8 Å². The van der Waals surface area contributed by atoms with E-state index < -0.39 is 0 Å². The van der Waals surface area contributed by atoms with E-state index >= 15 is 0 Å². The van der Waals surface area contributed by atoms with Crippen LogP contribution in [0.5, 0.6) is 11.5 Å². The zero-order valence-electron chi connectivity index (χ0n) is 16.8. The van der Waals surface area contributed by atoms with Gasteiger partial charge in [-0.1, -0.05) is 30.3 Å².